The first-order valence-electron chi connectivity index (χ1n) is 10.4. The smallest absolute Gasteiger partial charge is 0.263 e. The van der Waals surface area contributed by atoms with Gasteiger partial charge in [0.15, 0.2) is 5.13 Å². The summed E-state index contributed by atoms with van der Waals surface area (Å²) in [5.74, 6) is -2.08. The highest BCUT2D eigenvalue weighted by Gasteiger charge is 2.25. The summed E-state index contributed by atoms with van der Waals surface area (Å²) in [5, 5.41) is 0.531. The van der Waals surface area contributed by atoms with Crippen LogP contribution >= 0.6 is 23.7 Å². The normalized spacial score (nSPS) is 14.4. The summed E-state index contributed by atoms with van der Waals surface area (Å²) in [7, 11) is 0. The van der Waals surface area contributed by atoms with Crippen molar-refractivity contribution < 1.29 is 18.3 Å². The number of aromatic nitrogens is 1. The van der Waals surface area contributed by atoms with Crippen molar-refractivity contribution in [2.24, 2.45) is 0 Å². The van der Waals surface area contributed by atoms with E-state index in [1.807, 2.05) is 26.0 Å². The van der Waals surface area contributed by atoms with E-state index in [1.165, 1.54) is 22.3 Å². The van der Waals surface area contributed by atoms with Gasteiger partial charge in [-0.05, 0) is 43.5 Å². The zero-order valence-corrected chi connectivity index (χ0v) is 19.7. The summed E-state index contributed by atoms with van der Waals surface area (Å²) in [6, 6.07) is 7.09. The van der Waals surface area contributed by atoms with Crippen LogP contribution in [0.15, 0.2) is 30.3 Å². The lowest BCUT2D eigenvalue weighted by atomic mass is 10.1. The molecule has 1 aliphatic heterocycles. The molecule has 0 bridgehead atoms. The maximum atomic E-state index is 14.4. The Balaban J connectivity index is 0.00000289. The first-order chi connectivity index (χ1) is 14.9. The Labute approximate surface area is 196 Å². The lowest BCUT2D eigenvalue weighted by molar-refractivity contribution is 0.0376. The number of anilines is 1. The fourth-order valence-electron chi connectivity index (χ4n) is 3.73. The molecule has 3 aromatic rings. The fraction of sp³-hybridized carbons (Fsp3) is 0.391. The van der Waals surface area contributed by atoms with E-state index in [4.69, 9.17) is 9.72 Å². The summed E-state index contributed by atoms with van der Waals surface area (Å²) in [4.78, 5) is 21.8. The Morgan fingerprint density at radius 3 is 2.56 bits per heavy atom. The predicted molar refractivity (Wildman–Crippen MR) is 126 cm³/mol. The summed E-state index contributed by atoms with van der Waals surface area (Å²) in [5.41, 5.74) is 2.81. The van der Waals surface area contributed by atoms with Gasteiger partial charge in [0.25, 0.3) is 5.91 Å². The standard InChI is InChI=1S/C23H25F2N3O2S.ClH/c1-15-4-5-16(2)21-20(15)26-23(31-21)28(9-3-8-27-10-12-30-13-11-27)22(29)18-7-6-17(24)14-19(18)25;/h4-7,14H,3,8-13H2,1-2H3;1H. The highest BCUT2D eigenvalue weighted by Crippen LogP contribution is 2.34. The quantitative estimate of drug-likeness (QED) is 0.498. The van der Waals surface area contributed by atoms with Crippen molar-refractivity contribution in [1.29, 1.82) is 0 Å². The molecule has 1 saturated heterocycles. The minimum Gasteiger partial charge on any atom is -0.379 e. The molecule has 0 saturated carbocycles. The van der Waals surface area contributed by atoms with Crippen LogP contribution in [-0.2, 0) is 4.74 Å². The molecule has 0 spiro atoms. The van der Waals surface area contributed by atoms with Gasteiger partial charge in [0.1, 0.15) is 11.6 Å². The van der Waals surface area contributed by atoms with E-state index in [2.05, 4.69) is 4.90 Å². The molecular weight excluding hydrogens is 456 g/mol. The van der Waals surface area contributed by atoms with Gasteiger partial charge in [-0.2, -0.15) is 0 Å². The van der Waals surface area contributed by atoms with E-state index in [-0.39, 0.29) is 18.0 Å². The van der Waals surface area contributed by atoms with E-state index in [0.29, 0.717) is 31.3 Å². The number of amides is 1. The van der Waals surface area contributed by atoms with Crippen molar-refractivity contribution in [2.45, 2.75) is 20.3 Å². The molecule has 1 amide bonds. The number of thiazole rings is 1. The molecule has 1 aromatic heterocycles. The molecule has 1 fully saturated rings. The molecule has 5 nitrogen and oxygen atoms in total. The number of carbonyl (C=O) groups excluding carboxylic acids is 1. The highest BCUT2D eigenvalue weighted by molar-refractivity contribution is 7.22. The van der Waals surface area contributed by atoms with Gasteiger partial charge in [-0.3, -0.25) is 14.6 Å². The van der Waals surface area contributed by atoms with Gasteiger partial charge in [0.2, 0.25) is 0 Å². The number of carbonyl (C=O) groups is 1. The van der Waals surface area contributed by atoms with Crippen LogP contribution in [0.4, 0.5) is 13.9 Å². The third kappa shape index (κ3) is 5.26. The third-order valence-electron chi connectivity index (χ3n) is 5.53. The van der Waals surface area contributed by atoms with Gasteiger partial charge >= 0.3 is 0 Å². The number of aryl methyl sites for hydroxylation is 2. The Hall–Kier alpha value is -2.13. The summed E-state index contributed by atoms with van der Waals surface area (Å²) >= 11 is 1.43. The molecule has 0 atom stereocenters. The number of halogens is 3. The number of rotatable bonds is 6. The van der Waals surface area contributed by atoms with Crippen LogP contribution < -0.4 is 4.90 Å². The molecule has 0 radical (unpaired) electrons. The van der Waals surface area contributed by atoms with Crippen LogP contribution in [0.3, 0.4) is 0 Å². The molecule has 9 heteroatoms. The zero-order chi connectivity index (χ0) is 22.0. The average molecular weight is 482 g/mol. The minimum atomic E-state index is -0.864. The Morgan fingerprint density at radius 1 is 1.16 bits per heavy atom. The molecule has 2 heterocycles. The Morgan fingerprint density at radius 2 is 1.88 bits per heavy atom. The Kier molecular flexibility index (Phi) is 8.16. The number of nitrogens with zero attached hydrogens (tertiary/aromatic N) is 3. The largest absolute Gasteiger partial charge is 0.379 e. The number of hydrogen-bond acceptors (Lipinski definition) is 5. The maximum Gasteiger partial charge on any atom is 0.263 e. The molecule has 0 N–H and O–H groups in total. The van der Waals surface area contributed by atoms with Crippen LogP contribution in [0, 0.1) is 25.5 Å². The van der Waals surface area contributed by atoms with Crippen molar-refractivity contribution in [3.63, 3.8) is 0 Å². The highest BCUT2D eigenvalue weighted by atomic mass is 35.5. The van der Waals surface area contributed by atoms with Crippen LogP contribution in [-0.4, -0.2) is 55.2 Å². The van der Waals surface area contributed by atoms with Crippen molar-refractivity contribution in [3.05, 3.63) is 58.7 Å². The van der Waals surface area contributed by atoms with E-state index in [1.54, 1.807) is 0 Å². The van der Waals surface area contributed by atoms with Crippen molar-refractivity contribution in [1.82, 2.24) is 9.88 Å². The topological polar surface area (TPSA) is 45.7 Å². The van der Waals surface area contributed by atoms with E-state index >= 15 is 0 Å². The fourth-order valence-corrected chi connectivity index (χ4v) is 4.87. The SMILES string of the molecule is Cc1ccc(C)c2sc(N(CCCN3CCOCC3)C(=O)c3ccc(F)cc3F)nc12.Cl. The van der Waals surface area contributed by atoms with Crippen molar-refractivity contribution in [2.75, 3.05) is 44.3 Å². The summed E-state index contributed by atoms with van der Waals surface area (Å²) < 4.78 is 34.2. The van der Waals surface area contributed by atoms with Crippen LogP contribution in [0.1, 0.15) is 27.9 Å². The molecule has 32 heavy (non-hydrogen) atoms. The number of morpholine rings is 1. The van der Waals surface area contributed by atoms with Crippen LogP contribution in [0.5, 0.6) is 0 Å². The molecule has 1 aliphatic rings. The van der Waals surface area contributed by atoms with E-state index in [0.717, 1.165) is 53.1 Å². The van der Waals surface area contributed by atoms with E-state index in [9.17, 15) is 13.6 Å². The van der Waals surface area contributed by atoms with Gasteiger partial charge in [-0.15, -0.1) is 12.4 Å². The van der Waals surface area contributed by atoms with Gasteiger partial charge in [0.05, 0.1) is 29.0 Å². The zero-order valence-electron chi connectivity index (χ0n) is 18.1. The van der Waals surface area contributed by atoms with Gasteiger partial charge < -0.3 is 4.74 Å². The molecule has 0 unspecified atom stereocenters. The number of fused-ring (bicyclic) bond motifs is 1. The maximum absolute atomic E-state index is 14.4. The number of hydrogen-bond donors (Lipinski definition) is 0. The third-order valence-corrected chi connectivity index (χ3v) is 6.74. The lowest BCUT2D eigenvalue weighted by Gasteiger charge is -2.27. The number of ether oxygens (including phenoxy) is 1. The summed E-state index contributed by atoms with van der Waals surface area (Å²) in [6.07, 6.45) is 0.711. The molecular formula is C23H26ClF2N3O2S. The second kappa shape index (κ2) is 10.7. The second-order valence-corrected chi connectivity index (χ2v) is 8.74. The summed E-state index contributed by atoms with van der Waals surface area (Å²) in [6.45, 7) is 8.33. The lowest BCUT2D eigenvalue weighted by Crippen LogP contribution is -2.39. The minimum absolute atomic E-state index is 0. The van der Waals surface area contributed by atoms with E-state index < -0.39 is 17.5 Å². The molecule has 2 aromatic carbocycles. The molecule has 0 aliphatic carbocycles. The van der Waals surface area contributed by atoms with Gasteiger partial charge in [0, 0.05) is 32.2 Å². The first kappa shape index (κ1) is 24.5. The van der Waals surface area contributed by atoms with Crippen molar-refractivity contribution >= 4 is 45.0 Å². The average Bonchev–Trinajstić information content (AvgIpc) is 3.21. The second-order valence-electron chi connectivity index (χ2n) is 7.76. The number of benzene rings is 2. The predicted octanol–water partition coefficient (Wildman–Crippen LogP) is 4.98. The molecule has 4 rings (SSSR count). The molecule has 172 valence electrons. The monoisotopic (exact) mass is 481 g/mol. The van der Waals surface area contributed by atoms with Crippen LogP contribution in [0.2, 0.25) is 0 Å². The first-order valence-corrected chi connectivity index (χ1v) is 11.2. The van der Waals surface area contributed by atoms with Gasteiger partial charge in [-0.25, -0.2) is 13.8 Å². The van der Waals surface area contributed by atoms with Crippen molar-refractivity contribution in [3.8, 4) is 0 Å². The van der Waals surface area contributed by atoms with Gasteiger partial charge in [-0.1, -0.05) is 23.5 Å². The van der Waals surface area contributed by atoms with Crippen LogP contribution in [0.25, 0.3) is 10.2 Å². The Bertz CT molecular complexity index is 1060.